The molecule has 0 aliphatic heterocycles. The molecule has 0 bridgehead atoms. The fourth-order valence-electron chi connectivity index (χ4n) is 3.11. The molecule has 1 heterocycles. The topological polar surface area (TPSA) is 76.9 Å². The minimum atomic E-state index is -4.63. The van der Waals surface area contributed by atoms with Crippen LogP contribution in [0, 0.1) is 0 Å². The van der Waals surface area contributed by atoms with Crippen LogP contribution in [0.3, 0.4) is 0 Å². The van der Waals surface area contributed by atoms with Crippen LogP contribution in [0.2, 0.25) is 0 Å². The van der Waals surface area contributed by atoms with E-state index in [9.17, 15) is 21.6 Å². The van der Waals surface area contributed by atoms with E-state index in [1.807, 2.05) is 4.57 Å². The van der Waals surface area contributed by atoms with Crippen LogP contribution in [0.5, 0.6) is 0 Å². The second-order valence-corrected chi connectivity index (χ2v) is 8.85. The second kappa shape index (κ2) is 7.28. The maximum atomic E-state index is 13.0. The van der Waals surface area contributed by atoms with E-state index < -0.39 is 26.7 Å². The molecular formula is C15H16BrF3N4O2S. The number of nitrogens with one attached hydrogen (secondary N) is 1. The Balaban J connectivity index is 1.79. The van der Waals surface area contributed by atoms with E-state index >= 15 is 0 Å². The highest BCUT2D eigenvalue weighted by Gasteiger charge is 2.33. The molecule has 3 rings (SSSR count). The van der Waals surface area contributed by atoms with Gasteiger partial charge in [0.2, 0.25) is 10.0 Å². The van der Waals surface area contributed by atoms with Gasteiger partial charge in [0, 0.05) is 16.6 Å². The minimum absolute atomic E-state index is 0.0544. The fourth-order valence-corrected chi connectivity index (χ4v) is 5.11. The van der Waals surface area contributed by atoms with Gasteiger partial charge in [-0.1, -0.05) is 15.9 Å². The Morgan fingerprint density at radius 2 is 1.85 bits per heavy atom. The first-order valence-corrected chi connectivity index (χ1v) is 10.2. The predicted octanol–water partition coefficient (Wildman–Crippen LogP) is 3.52. The van der Waals surface area contributed by atoms with Crippen molar-refractivity contribution in [2.45, 2.75) is 48.8 Å². The van der Waals surface area contributed by atoms with Crippen molar-refractivity contribution in [1.82, 2.24) is 19.5 Å². The van der Waals surface area contributed by atoms with Crippen molar-refractivity contribution in [3.8, 4) is 0 Å². The maximum Gasteiger partial charge on any atom is 0.416 e. The maximum absolute atomic E-state index is 13.0. The zero-order valence-corrected chi connectivity index (χ0v) is 15.9. The third kappa shape index (κ3) is 4.44. The molecule has 142 valence electrons. The number of hydrogen-bond acceptors (Lipinski definition) is 4. The van der Waals surface area contributed by atoms with Crippen LogP contribution in [-0.4, -0.2) is 29.2 Å². The monoisotopic (exact) mass is 452 g/mol. The Kier molecular flexibility index (Phi) is 5.40. The lowest BCUT2D eigenvalue weighted by Gasteiger charge is -2.30. The molecule has 1 aromatic heterocycles. The molecule has 0 spiro atoms. The van der Waals surface area contributed by atoms with E-state index in [1.165, 1.54) is 0 Å². The van der Waals surface area contributed by atoms with Gasteiger partial charge in [-0.05, 0) is 43.9 Å². The summed E-state index contributed by atoms with van der Waals surface area (Å²) in [6.07, 6.45) is 1.33. The van der Waals surface area contributed by atoms with Crippen LogP contribution in [0.4, 0.5) is 13.2 Å². The summed E-state index contributed by atoms with van der Waals surface area (Å²) >= 11 is 2.95. The highest BCUT2D eigenvalue weighted by molar-refractivity contribution is 9.10. The standard InChI is InChI=1S/C15H16BrF3N4O2S/c16-11-4-10(15(17,18)19)5-14(6-11)26(24,25)22-12-2-1-3-13(7-12)23-8-20-21-9-23/h4-6,8-9,12-13,22H,1-3,7H2/t12-,13?/m0/s1. The van der Waals surface area contributed by atoms with Crippen LogP contribution >= 0.6 is 15.9 Å². The molecule has 2 atom stereocenters. The Hall–Kier alpha value is -1.46. The van der Waals surface area contributed by atoms with Gasteiger partial charge in [0.05, 0.1) is 10.5 Å². The van der Waals surface area contributed by atoms with Crippen molar-refractivity contribution in [2.75, 3.05) is 0 Å². The van der Waals surface area contributed by atoms with Crippen LogP contribution in [-0.2, 0) is 16.2 Å². The van der Waals surface area contributed by atoms with E-state index in [4.69, 9.17) is 0 Å². The van der Waals surface area contributed by atoms with Gasteiger partial charge >= 0.3 is 6.18 Å². The van der Waals surface area contributed by atoms with Gasteiger partial charge in [-0.3, -0.25) is 0 Å². The molecular weight excluding hydrogens is 437 g/mol. The predicted molar refractivity (Wildman–Crippen MR) is 90.8 cm³/mol. The number of sulfonamides is 1. The molecule has 1 aromatic carbocycles. The summed E-state index contributed by atoms with van der Waals surface area (Å²) in [5, 5.41) is 7.50. The van der Waals surface area contributed by atoms with E-state index in [2.05, 4.69) is 30.8 Å². The van der Waals surface area contributed by atoms with Gasteiger partial charge in [-0.15, -0.1) is 10.2 Å². The average molecular weight is 453 g/mol. The molecule has 0 saturated heterocycles. The number of nitrogens with zero attached hydrogens (tertiary/aromatic N) is 3. The van der Waals surface area contributed by atoms with E-state index in [0.717, 1.165) is 25.0 Å². The summed E-state index contributed by atoms with van der Waals surface area (Å²) in [6.45, 7) is 0. The van der Waals surface area contributed by atoms with E-state index in [1.54, 1.807) is 12.7 Å². The van der Waals surface area contributed by atoms with Crippen LogP contribution in [0.15, 0.2) is 40.2 Å². The third-order valence-electron chi connectivity index (χ3n) is 4.34. The van der Waals surface area contributed by atoms with Crippen molar-refractivity contribution in [2.24, 2.45) is 0 Å². The number of halogens is 4. The zero-order chi connectivity index (χ0) is 18.9. The number of aromatic nitrogens is 3. The van der Waals surface area contributed by atoms with Crippen LogP contribution in [0.1, 0.15) is 37.3 Å². The van der Waals surface area contributed by atoms with E-state index in [-0.39, 0.29) is 16.6 Å². The summed E-state index contributed by atoms with van der Waals surface area (Å²) in [6, 6.07) is 2.35. The first-order chi connectivity index (χ1) is 12.1. The molecule has 11 heteroatoms. The van der Waals surface area contributed by atoms with Crippen molar-refractivity contribution in [1.29, 1.82) is 0 Å². The molecule has 0 radical (unpaired) electrons. The summed E-state index contributed by atoms with van der Waals surface area (Å²) < 4.78 is 68.5. The average Bonchev–Trinajstić information content (AvgIpc) is 3.08. The number of hydrogen-bond donors (Lipinski definition) is 1. The molecule has 1 aliphatic carbocycles. The Morgan fingerprint density at radius 1 is 1.15 bits per heavy atom. The Labute approximate surface area is 157 Å². The number of rotatable bonds is 4. The van der Waals surface area contributed by atoms with Gasteiger partial charge in [-0.25, -0.2) is 13.1 Å². The normalized spacial score (nSPS) is 21.7. The van der Waals surface area contributed by atoms with Gasteiger partial charge in [-0.2, -0.15) is 13.2 Å². The van der Waals surface area contributed by atoms with Gasteiger partial charge in [0.1, 0.15) is 12.7 Å². The molecule has 1 N–H and O–H groups in total. The van der Waals surface area contributed by atoms with Crippen LogP contribution in [0.25, 0.3) is 0 Å². The fraction of sp³-hybridized carbons (Fsp3) is 0.467. The third-order valence-corrected chi connectivity index (χ3v) is 6.29. The van der Waals surface area contributed by atoms with Crippen LogP contribution < -0.4 is 4.72 Å². The summed E-state index contributed by atoms with van der Waals surface area (Å²) in [5.74, 6) is 0. The first-order valence-electron chi connectivity index (χ1n) is 7.89. The number of benzene rings is 1. The molecule has 1 unspecified atom stereocenters. The van der Waals surface area contributed by atoms with Gasteiger partial charge in [0.15, 0.2) is 0 Å². The molecule has 1 aliphatic rings. The van der Waals surface area contributed by atoms with Crippen molar-refractivity contribution in [3.63, 3.8) is 0 Å². The first kappa shape index (κ1) is 19.3. The van der Waals surface area contributed by atoms with Crippen molar-refractivity contribution >= 4 is 26.0 Å². The molecule has 2 aromatic rings. The summed E-state index contributed by atoms with van der Waals surface area (Å²) in [7, 11) is -4.08. The van der Waals surface area contributed by atoms with Crippen molar-refractivity contribution < 1.29 is 21.6 Å². The summed E-state index contributed by atoms with van der Waals surface area (Å²) in [5.41, 5.74) is -1.02. The highest BCUT2D eigenvalue weighted by Crippen LogP contribution is 2.34. The SMILES string of the molecule is O=S(=O)(N[C@H]1CCCC(n2cnnc2)C1)c1cc(Br)cc(C(F)(F)F)c1. The van der Waals surface area contributed by atoms with Gasteiger partial charge in [0.25, 0.3) is 0 Å². The minimum Gasteiger partial charge on any atom is -0.317 e. The lowest BCUT2D eigenvalue weighted by atomic mass is 9.91. The molecule has 0 amide bonds. The van der Waals surface area contributed by atoms with Gasteiger partial charge < -0.3 is 4.57 Å². The second-order valence-electron chi connectivity index (χ2n) is 6.22. The lowest BCUT2D eigenvalue weighted by molar-refractivity contribution is -0.137. The quantitative estimate of drug-likeness (QED) is 0.769. The van der Waals surface area contributed by atoms with Crippen molar-refractivity contribution in [3.05, 3.63) is 40.9 Å². The Bertz CT molecular complexity index is 872. The Morgan fingerprint density at radius 3 is 2.50 bits per heavy atom. The smallest absolute Gasteiger partial charge is 0.317 e. The highest BCUT2D eigenvalue weighted by atomic mass is 79.9. The number of alkyl halides is 3. The molecule has 1 saturated carbocycles. The summed E-state index contributed by atoms with van der Waals surface area (Å²) in [4.78, 5) is -0.411. The molecule has 6 nitrogen and oxygen atoms in total. The molecule has 26 heavy (non-hydrogen) atoms. The largest absolute Gasteiger partial charge is 0.416 e. The van der Waals surface area contributed by atoms with E-state index in [0.29, 0.717) is 18.9 Å². The molecule has 1 fully saturated rings. The lowest BCUT2D eigenvalue weighted by Crippen LogP contribution is -2.38. The zero-order valence-electron chi connectivity index (χ0n) is 13.4.